The molecule has 4 bridgehead atoms. The Kier molecular flexibility index (Phi) is 4.44. The van der Waals surface area contributed by atoms with E-state index in [0.29, 0.717) is 45.2 Å². The first kappa shape index (κ1) is 22.1. The number of carbonyl (C=O) groups is 4. The summed E-state index contributed by atoms with van der Waals surface area (Å²) in [6.45, 7) is 12.1. The predicted molar refractivity (Wildman–Crippen MR) is 111 cm³/mol. The number of hydrogen-bond acceptors (Lipinski definition) is 6. The van der Waals surface area contributed by atoms with Crippen LogP contribution in [0.2, 0.25) is 0 Å². The standard InChI is InChI=1S/C23H34N2O6/c1-18(2)20(5)8-10-22(18,30-16(20)28)14(26)24-12-7-13-25-15(27)23-11-9-21(6,17(29)31-23)19(23,3)4/h7-13H2,1-6H3,(H,24,26)(H,25,27)/t20-,21+,22-,23-/m1/s1. The van der Waals surface area contributed by atoms with Crippen LogP contribution in [-0.4, -0.2) is 48.0 Å². The average molecular weight is 435 g/mol. The highest BCUT2D eigenvalue weighted by Crippen LogP contribution is 2.66. The molecule has 4 fully saturated rings. The SMILES string of the molecule is CC1(C)[C@@]2(C)CC[C@]1(C(=O)NCCCNC(=O)[C@@]13CC[C@](C)(C(=O)O1)C3(C)C)OC2=O. The number of hydrogen-bond donors (Lipinski definition) is 2. The van der Waals surface area contributed by atoms with Crippen molar-refractivity contribution in [2.75, 3.05) is 13.1 Å². The molecule has 31 heavy (non-hydrogen) atoms. The van der Waals surface area contributed by atoms with E-state index in [0.717, 1.165) is 0 Å². The number of rotatable bonds is 6. The van der Waals surface area contributed by atoms with Crippen LogP contribution in [0.4, 0.5) is 0 Å². The molecule has 0 spiro atoms. The second-order valence-corrected chi connectivity index (χ2v) is 11.2. The maximum atomic E-state index is 13.0. The van der Waals surface area contributed by atoms with E-state index in [9.17, 15) is 19.2 Å². The summed E-state index contributed by atoms with van der Waals surface area (Å²) >= 11 is 0. The Bertz CT molecular complexity index is 811. The Labute approximate surface area is 183 Å². The molecule has 0 aromatic heterocycles. The first-order chi connectivity index (χ1) is 14.2. The monoisotopic (exact) mass is 434 g/mol. The minimum Gasteiger partial charge on any atom is -0.448 e. The van der Waals surface area contributed by atoms with Gasteiger partial charge in [0.25, 0.3) is 11.8 Å². The Morgan fingerprint density at radius 2 is 1.06 bits per heavy atom. The van der Waals surface area contributed by atoms with Crippen LogP contribution in [0.25, 0.3) is 0 Å². The topological polar surface area (TPSA) is 111 Å². The van der Waals surface area contributed by atoms with Gasteiger partial charge < -0.3 is 20.1 Å². The van der Waals surface area contributed by atoms with Gasteiger partial charge in [-0.3, -0.25) is 19.2 Å². The smallest absolute Gasteiger partial charge is 0.313 e. The molecule has 2 amide bonds. The van der Waals surface area contributed by atoms with E-state index in [1.807, 2.05) is 41.5 Å². The molecule has 4 atom stereocenters. The van der Waals surface area contributed by atoms with Crippen molar-refractivity contribution in [1.29, 1.82) is 0 Å². The number of esters is 2. The van der Waals surface area contributed by atoms with Gasteiger partial charge in [0.2, 0.25) is 0 Å². The zero-order valence-corrected chi connectivity index (χ0v) is 19.4. The van der Waals surface area contributed by atoms with Crippen molar-refractivity contribution in [3.05, 3.63) is 0 Å². The van der Waals surface area contributed by atoms with Gasteiger partial charge in [-0.2, -0.15) is 0 Å². The van der Waals surface area contributed by atoms with Gasteiger partial charge in [-0.25, -0.2) is 0 Å². The summed E-state index contributed by atoms with van der Waals surface area (Å²) in [6.07, 6.45) is 2.83. The van der Waals surface area contributed by atoms with Gasteiger partial charge in [-0.1, -0.05) is 27.7 Å². The Hall–Kier alpha value is -2.12. The van der Waals surface area contributed by atoms with Gasteiger partial charge in [-0.05, 0) is 46.0 Å². The number of carbonyl (C=O) groups excluding carboxylic acids is 4. The van der Waals surface area contributed by atoms with Gasteiger partial charge in [-0.15, -0.1) is 0 Å². The molecule has 2 saturated heterocycles. The summed E-state index contributed by atoms with van der Waals surface area (Å²) < 4.78 is 11.2. The normalized spacial score (nSPS) is 41.1. The van der Waals surface area contributed by atoms with Crippen LogP contribution < -0.4 is 10.6 Å². The van der Waals surface area contributed by atoms with E-state index in [1.165, 1.54) is 0 Å². The maximum Gasteiger partial charge on any atom is 0.313 e. The fourth-order valence-corrected chi connectivity index (χ4v) is 6.27. The molecule has 2 heterocycles. The number of nitrogens with one attached hydrogen (secondary N) is 2. The molecule has 4 rings (SSSR count). The highest BCUT2D eigenvalue weighted by Gasteiger charge is 2.76. The Morgan fingerprint density at radius 3 is 1.32 bits per heavy atom. The molecule has 2 N–H and O–H groups in total. The first-order valence-corrected chi connectivity index (χ1v) is 11.3. The van der Waals surface area contributed by atoms with Crippen LogP contribution in [0.1, 0.15) is 73.6 Å². The molecule has 8 heteroatoms. The summed E-state index contributed by atoms with van der Waals surface area (Å²) in [5.74, 6) is -1.14. The summed E-state index contributed by atoms with van der Waals surface area (Å²) in [5, 5.41) is 5.78. The second kappa shape index (κ2) is 6.23. The van der Waals surface area contributed by atoms with Gasteiger partial charge in [0, 0.05) is 23.9 Å². The van der Waals surface area contributed by atoms with Gasteiger partial charge in [0.05, 0.1) is 10.8 Å². The maximum absolute atomic E-state index is 13.0. The van der Waals surface area contributed by atoms with Gasteiger partial charge in [0.1, 0.15) is 0 Å². The highest BCUT2D eigenvalue weighted by molar-refractivity contribution is 5.97. The molecule has 0 radical (unpaired) electrons. The molecule has 2 aliphatic heterocycles. The lowest BCUT2D eigenvalue weighted by molar-refractivity contribution is -0.168. The Morgan fingerprint density at radius 1 is 0.710 bits per heavy atom. The van der Waals surface area contributed by atoms with Crippen LogP contribution in [-0.2, 0) is 28.7 Å². The van der Waals surface area contributed by atoms with Crippen LogP contribution in [0, 0.1) is 21.7 Å². The van der Waals surface area contributed by atoms with E-state index in [4.69, 9.17) is 9.47 Å². The van der Waals surface area contributed by atoms with E-state index < -0.39 is 32.9 Å². The number of fused-ring (bicyclic) bond motifs is 4. The third kappa shape index (κ3) is 2.31. The molecule has 0 aromatic rings. The fourth-order valence-electron chi connectivity index (χ4n) is 6.27. The number of ether oxygens (including phenoxy) is 2. The average Bonchev–Trinajstić information content (AvgIpc) is 3.15. The quantitative estimate of drug-likeness (QED) is 0.488. The third-order valence-corrected chi connectivity index (χ3v) is 9.83. The first-order valence-electron chi connectivity index (χ1n) is 11.3. The van der Waals surface area contributed by atoms with Crippen LogP contribution in [0.3, 0.4) is 0 Å². The lowest BCUT2D eigenvalue weighted by Gasteiger charge is -2.35. The summed E-state index contributed by atoms with van der Waals surface area (Å²) in [5.41, 5.74) is -4.70. The summed E-state index contributed by atoms with van der Waals surface area (Å²) in [6, 6.07) is 0. The lowest BCUT2D eigenvalue weighted by Crippen LogP contribution is -2.54. The molecule has 4 aliphatic rings. The van der Waals surface area contributed by atoms with E-state index in [-0.39, 0.29) is 23.8 Å². The minimum absolute atomic E-state index is 0.269. The van der Waals surface area contributed by atoms with Crippen molar-refractivity contribution >= 4 is 23.8 Å². The zero-order valence-electron chi connectivity index (χ0n) is 19.4. The number of amides is 2. The van der Waals surface area contributed by atoms with E-state index in [1.54, 1.807) is 0 Å². The van der Waals surface area contributed by atoms with Crippen molar-refractivity contribution in [3.63, 3.8) is 0 Å². The molecule has 0 aromatic carbocycles. The van der Waals surface area contributed by atoms with Crippen LogP contribution in [0.5, 0.6) is 0 Å². The molecular formula is C23H34N2O6. The molecule has 0 unspecified atom stereocenters. The van der Waals surface area contributed by atoms with Crippen molar-refractivity contribution in [2.24, 2.45) is 21.7 Å². The fraction of sp³-hybridized carbons (Fsp3) is 0.826. The molecule has 2 aliphatic carbocycles. The minimum atomic E-state index is -1.13. The van der Waals surface area contributed by atoms with Crippen molar-refractivity contribution in [1.82, 2.24) is 10.6 Å². The highest BCUT2D eigenvalue weighted by atomic mass is 16.6. The van der Waals surface area contributed by atoms with Crippen LogP contribution >= 0.6 is 0 Å². The zero-order chi connectivity index (χ0) is 23.1. The van der Waals surface area contributed by atoms with Crippen molar-refractivity contribution in [3.8, 4) is 0 Å². The predicted octanol–water partition coefficient (Wildman–Crippen LogP) is 1.85. The van der Waals surface area contributed by atoms with Crippen molar-refractivity contribution < 1.29 is 28.7 Å². The van der Waals surface area contributed by atoms with Crippen LogP contribution in [0.15, 0.2) is 0 Å². The van der Waals surface area contributed by atoms with Gasteiger partial charge >= 0.3 is 11.9 Å². The third-order valence-electron chi connectivity index (χ3n) is 9.83. The second-order valence-electron chi connectivity index (χ2n) is 11.2. The largest absolute Gasteiger partial charge is 0.448 e. The van der Waals surface area contributed by atoms with Gasteiger partial charge in [0.15, 0.2) is 11.2 Å². The Balaban J connectivity index is 1.30. The summed E-state index contributed by atoms with van der Waals surface area (Å²) in [7, 11) is 0. The molecule has 8 nitrogen and oxygen atoms in total. The molecular weight excluding hydrogens is 400 g/mol. The summed E-state index contributed by atoms with van der Waals surface area (Å²) in [4.78, 5) is 50.6. The van der Waals surface area contributed by atoms with E-state index in [2.05, 4.69) is 10.6 Å². The molecule has 172 valence electrons. The molecule has 2 saturated carbocycles. The lowest BCUT2D eigenvalue weighted by atomic mass is 9.66. The van der Waals surface area contributed by atoms with Crippen molar-refractivity contribution in [2.45, 2.75) is 84.8 Å². The van der Waals surface area contributed by atoms with E-state index >= 15 is 0 Å².